The van der Waals surface area contributed by atoms with Crippen LogP contribution in [0.5, 0.6) is 17.2 Å². The van der Waals surface area contributed by atoms with Crippen molar-refractivity contribution in [1.29, 1.82) is 0 Å². The Kier molecular flexibility index (Phi) is 7.56. The van der Waals surface area contributed by atoms with Gasteiger partial charge in [-0.2, -0.15) is 0 Å². The van der Waals surface area contributed by atoms with Gasteiger partial charge in [0.2, 0.25) is 11.8 Å². The number of rotatable bonds is 7. The van der Waals surface area contributed by atoms with Crippen LogP contribution in [0.3, 0.4) is 0 Å². The van der Waals surface area contributed by atoms with E-state index >= 15 is 0 Å². The Morgan fingerprint density at radius 2 is 1.80 bits per heavy atom. The number of carbonyl (C=O) groups is 4. The number of benzene rings is 3. The molecule has 212 valence electrons. The van der Waals surface area contributed by atoms with Crippen LogP contribution in [0.1, 0.15) is 39.9 Å². The molecule has 0 saturated carbocycles. The summed E-state index contributed by atoms with van der Waals surface area (Å²) in [5, 5.41) is 4.57. The second kappa shape index (κ2) is 11.2. The fraction of sp³-hybridized carbons (Fsp3) is 0.241. The van der Waals surface area contributed by atoms with Crippen LogP contribution in [0.25, 0.3) is 0 Å². The van der Waals surface area contributed by atoms with Crippen LogP contribution in [0.2, 0.25) is 0 Å². The molecule has 3 aromatic rings. The van der Waals surface area contributed by atoms with Crippen LogP contribution < -0.4 is 20.1 Å². The summed E-state index contributed by atoms with van der Waals surface area (Å²) in [6.45, 7) is 1.45. The minimum absolute atomic E-state index is 0.131. The first-order valence-corrected chi connectivity index (χ1v) is 12.7. The SMILES string of the molecule is COc1c(COC(=O)Nc2ccc(Oc3ccc(F)c(C)c3)cc2F)ccc2c1C(=O)N(C1CCC(=O)NC1=O)C2. The molecule has 5 rings (SSSR count). The number of anilines is 1. The summed E-state index contributed by atoms with van der Waals surface area (Å²) >= 11 is 0. The number of imide groups is 1. The van der Waals surface area contributed by atoms with Gasteiger partial charge >= 0.3 is 6.09 Å². The lowest BCUT2D eigenvalue weighted by Gasteiger charge is -2.29. The van der Waals surface area contributed by atoms with Crippen molar-refractivity contribution in [2.75, 3.05) is 12.4 Å². The molecule has 1 saturated heterocycles. The summed E-state index contributed by atoms with van der Waals surface area (Å²) in [4.78, 5) is 50.9. The monoisotopic (exact) mass is 565 g/mol. The Balaban J connectivity index is 1.23. The van der Waals surface area contributed by atoms with E-state index < -0.39 is 29.8 Å². The number of hydrogen-bond acceptors (Lipinski definition) is 7. The first kappa shape index (κ1) is 27.6. The number of aryl methyl sites for hydroxylation is 1. The minimum Gasteiger partial charge on any atom is -0.495 e. The largest absolute Gasteiger partial charge is 0.495 e. The fourth-order valence-corrected chi connectivity index (χ4v) is 4.78. The maximum absolute atomic E-state index is 14.7. The first-order chi connectivity index (χ1) is 19.6. The van der Waals surface area contributed by atoms with Gasteiger partial charge in [0.05, 0.1) is 18.4 Å². The van der Waals surface area contributed by atoms with Crippen LogP contribution in [-0.4, -0.2) is 41.9 Å². The third-order valence-corrected chi connectivity index (χ3v) is 6.83. The standard InChI is InChI=1S/C29H25F2N3O7/c1-15-11-18(5-7-20(15)30)41-19-6-8-22(21(31)12-19)32-29(38)40-14-17-4-3-16-13-34(28(37)25(16)26(17)39-2)23-9-10-24(35)33-27(23)36/h3-8,11-12,23H,9-10,13-14H2,1-2H3,(H,32,38)(H,33,35,36). The van der Waals surface area contributed by atoms with Crippen molar-refractivity contribution in [2.24, 2.45) is 0 Å². The first-order valence-electron chi connectivity index (χ1n) is 12.7. The van der Waals surface area contributed by atoms with Crippen LogP contribution in [0.15, 0.2) is 48.5 Å². The number of amides is 4. The molecule has 41 heavy (non-hydrogen) atoms. The summed E-state index contributed by atoms with van der Waals surface area (Å²) in [6.07, 6.45) is -0.601. The smallest absolute Gasteiger partial charge is 0.412 e. The normalized spacial score (nSPS) is 16.2. The summed E-state index contributed by atoms with van der Waals surface area (Å²) in [5.74, 6) is -1.85. The number of piperidine rings is 1. The molecule has 10 nitrogen and oxygen atoms in total. The van der Waals surface area contributed by atoms with Crippen LogP contribution in [-0.2, 0) is 27.5 Å². The summed E-state index contributed by atoms with van der Waals surface area (Å²) in [5.41, 5.74) is 1.48. The minimum atomic E-state index is -0.953. The number of hydrogen-bond donors (Lipinski definition) is 2. The van der Waals surface area contributed by atoms with E-state index in [4.69, 9.17) is 14.2 Å². The molecule has 3 aromatic carbocycles. The van der Waals surface area contributed by atoms with Crippen molar-refractivity contribution in [1.82, 2.24) is 10.2 Å². The van der Waals surface area contributed by atoms with Gasteiger partial charge in [-0.1, -0.05) is 12.1 Å². The number of nitrogens with zero attached hydrogens (tertiary/aromatic N) is 1. The molecule has 4 amide bonds. The Hall–Kier alpha value is -5.00. The average molecular weight is 566 g/mol. The molecule has 2 N–H and O–H groups in total. The number of halogens is 2. The quantitative estimate of drug-likeness (QED) is 0.402. The van der Waals surface area contributed by atoms with Crippen LogP contribution in [0, 0.1) is 18.6 Å². The van der Waals surface area contributed by atoms with Crippen molar-refractivity contribution in [3.8, 4) is 17.2 Å². The zero-order chi connectivity index (χ0) is 29.3. The Labute approximate surface area is 233 Å². The van der Waals surface area contributed by atoms with Crippen LogP contribution >= 0.6 is 0 Å². The lowest BCUT2D eigenvalue weighted by Crippen LogP contribution is -2.52. The van der Waals surface area contributed by atoms with Crippen molar-refractivity contribution in [3.63, 3.8) is 0 Å². The second-order valence-corrected chi connectivity index (χ2v) is 9.55. The number of nitrogens with one attached hydrogen (secondary N) is 2. The molecule has 2 aliphatic rings. The third-order valence-electron chi connectivity index (χ3n) is 6.83. The molecule has 0 radical (unpaired) electrons. The van der Waals surface area contributed by atoms with Gasteiger partial charge in [-0.05, 0) is 54.8 Å². The predicted octanol–water partition coefficient (Wildman–Crippen LogP) is 4.58. The summed E-state index contributed by atoms with van der Waals surface area (Å²) < 4.78 is 44.4. The lowest BCUT2D eigenvalue weighted by molar-refractivity contribution is -0.136. The Bertz CT molecular complexity index is 1580. The van der Waals surface area contributed by atoms with E-state index in [9.17, 15) is 28.0 Å². The molecule has 0 aliphatic carbocycles. The van der Waals surface area contributed by atoms with E-state index in [-0.39, 0.29) is 60.5 Å². The van der Waals surface area contributed by atoms with Gasteiger partial charge in [0.15, 0.2) is 5.82 Å². The molecule has 1 atom stereocenters. The van der Waals surface area contributed by atoms with Gasteiger partial charge < -0.3 is 19.1 Å². The number of methoxy groups -OCH3 is 1. The van der Waals surface area contributed by atoms with Crippen LogP contribution in [0.4, 0.5) is 19.3 Å². The zero-order valence-electron chi connectivity index (χ0n) is 22.1. The summed E-state index contributed by atoms with van der Waals surface area (Å²) in [7, 11) is 1.37. The van der Waals surface area contributed by atoms with Gasteiger partial charge in [-0.25, -0.2) is 13.6 Å². The molecule has 0 aromatic heterocycles. The highest BCUT2D eigenvalue weighted by Crippen LogP contribution is 2.36. The van der Waals surface area contributed by atoms with Crippen molar-refractivity contribution < 1.29 is 42.2 Å². The number of ether oxygens (including phenoxy) is 3. The van der Waals surface area contributed by atoms with E-state index in [1.165, 1.54) is 42.3 Å². The second-order valence-electron chi connectivity index (χ2n) is 9.55. The van der Waals surface area contributed by atoms with Crippen molar-refractivity contribution in [2.45, 2.75) is 39.0 Å². The van der Waals surface area contributed by atoms with E-state index in [1.807, 2.05) is 0 Å². The highest BCUT2D eigenvalue weighted by molar-refractivity contribution is 6.06. The maximum Gasteiger partial charge on any atom is 0.412 e. The zero-order valence-corrected chi connectivity index (χ0v) is 22.1. The fourth-order valence-electron chi connectivity index (χ4n) is 4.78. The van der Waals surface area contributed by atoms with Gasteiger partial charge in [0, 0.05) is 24.6 Å². The molecular formula is C29H25F2N3O7. The van der Waals surface area contributed by atoms with Gasteiger partial charge in [0.25, 0.3) is 5.91 Å². The van der Waals surface area contributed by atoms with Gasteiger partial charge in [-0.3, -0.25) is 25.0 Å². The molecule has 0 bridgehead atoms. The van der Waals surface area contributed by atoms with E-state index in [1.54, 1.807) is 19.1 Å². The summed E-state index contributed by atoms with van der Waals surface area (Å²) in [6, 6.07) is 10.5. The molecule has 0 spiro atoms. The number of fused-ring (bicyclic) bond motifs is 1. The predicted molar refractivity (Wildman–Crippen MR) is 140 cm³/mol. The molecule has 12 heteroatoms. The highest BCUT2D eigenvalue weighted by Gasteiger charge is 2.41. The Morgan fingerprint density at radius 3 is 2.51 bits per heavy atom. The maximum atomic E-state index is 14.7. The molecule has 2 aliphatic heterocycles. The van der Waals surface area contributed by atoms with E-state index in [2.05, 4.69) is 10.6 Å². The number of carbonyl (C=O) groups excluding carboxylic acids is 4. The van der Waals surface area contributed by atoms with Gasteiger partial charge in [0.1, 0.15) is 35.7 Å². The molecule has 1 unspecified atom stereocenters. The highest BCUT2D eigenvalue weighted by atomic mass is 19.1. The van der Waals surface area contributed by atoms with E-state index in [0.717, 1.165) is 6.07 Å². The van der Waals surface area contributed by atoms with Crippen molar-refractivity contribution >= 4 is 29.5 Å². The third kappa shape index (κ3) is 5.67. The Morgan fingerprint density at radius 1 is 1.05 bits per heavy atom. The van der Waals surface area contributed by atoms with Crippen molar-refractivity contribution in [3.05, 3.63) is 82.4 Å². The molecule has 2 heterocycles. The molecular weight excluding hydrogens is 540 g/mol. The van der Waals surface area contributed by atoms with Gasteiger partial charge in [-0.15, -0.1) is 0 Å². The topological polar surface area (TPSA) is 123 Å². The molecule has 1 fully saturated rings. The van der Waals surface area contributed by atoms with E-state index in [0.29, 0.717) is 22.4 Å². The average Bonchev–Trinajstić information content (AvgIpc) is 3.27. The lowest BCUT2D eigenvalue weighted by atomic mass is 10.0.